The summed E-state index contributed by atoms with van der Waals surface area (Å²) in [6, 6.07) is 1.60. The number of hydrogen-bond acceptors (Lipinski definition) is 4. The average Bonchev–Trinajstić information content (AvgIpc) is 2.44. The van der Waals surface area contributed by atoms with E-state index in [2.05, 4.69) is 11.7 Å². The molecule has 1 aromatic carbocycles. The number of nitrogens with zero attached hydrogens (tertiary/aromatic N) is 1. The molecule has 0 heterocycles. The highest BCUT2D eigenvalue weighted by Crippen LogP contribution is 2.34. The second-order valence-corrected chi connectivity index (χ2v) is 6.24. The van der Waals surface area contributed by atoms with Gasteiger partial charge in [0.1, 0.15) is 6.61 Å². The smallest absolute Gasteiger partial charge is 0.391 e. The van der Waals surface area contributed by atoms with Crippen LogP contribution in [0.3, 0.4) is 0 Å². The summed E-state index contributed by atoms with van der Waals surface area (Å²) < 4.78 is 99.3. The van der Waals surface area contributed by atoms with E-state index < -0.39 is 33.0 Å². The average molecular weight is 390 g/mol. The van der Waals surface area contributed by atoms with Gasteiger partial charge in [0.05, 0.1) is 17.0 Å². The standard InChI is InChI=1S/C13H12F6N2O3S/c1-3-6-24-20-8(2)10-5-4-9(12(14,15)16)7-11(10)21-25(22,23)13(17,18)19/h3-5,7,21H,1,6H2,2H3/b20-8-. The van der Waals surface area contributed by atoms with Crippen molar-refractivity contribution in [3.8, 4) is 0 Å². The predicted molar refractivity (Wildman–Crippen MR) is 78.4 cm³/mol. The molecule has 0 bridgehead atoms. The highest BCUT2D eigenvalue weighted by Gasteiger charge is 2.46. The summed E-state index contributed by atoms with van der Waals surface area (Å²) in [6.45, 7) is 4.48. The number of oxime groups is 1. The van der Waals surface area contributed by atoms with Crippen molar-refractivity contribution in [3.63, 3.8) is 0 Å². The Morgan fingerprint density at radius 1 is 1.28 bits per heavy atom. The molecular weight excluding hydrogens is 378 g/mol. The van der Waals surface area contributed by atoms with E-state index in [9.17, 15) is 34.8 Å². The molecule has 0 aliphatic rings. The number of benzene rings is 1. The fourth-order valence-corrected chi connectivity index (χ4v) is 2.13. The van der Waals surface area contributed by atoms with Gasteiger partial charge in [0.15, 0.2) is 0 Å². The fraction of sp³-hybridized carbons (Fsp3) is 0.308. The molecule has 0 saturated carbocycles. The van der Waals surface area contributed by atoms with Crippen molar-refractivity contribution in [2.24, 2.45) is 5.16 Å². The second-order valence-electron chi connectivity index (χ2n) is 4.57. The van der Waals surface area contributed by atoms with Crippen molar-refractivity contribution in [1.82, 2.24) is 0 Å². The van der Waals surface area contributed by atoms with Crippen molar-refractivity contribution in [2.75, 3.05) is 11.3 Å². The van der Waals surface area contributed by atoms with Crippen LogP contribution in [0.25, 0.3) is 0 Å². The maximum atomic E-state index is 12.8. The molecule has 5 nitrogen and oxygen atoms in total. The molecule has 12 heteroatoms. The van der Waals surface area contributed by atoms with E-state index in [0.717, 1.165) is 10.8 Å². The zero-order valence-electron chi connectivity index (χ0n) is 12.6. The molecule has 140 valence electrons. The molecule has 0 aliphatic carbocycles. The minimum Gasteiger partial charge on any atom is -0.391 e. The van der Waals surface area contributed by atoms with Gasteiger partial charge in [-0.15, -0.1) is 0 Å². The third-order valence-electron chi connectivity index (χ3n) is 2.68. The molecule has 0 aliphatic heterocycles. The van der Waals surface area contributed by atoms with Crippen molar-refractivity contribution in [1.29, 1.82) is 0 Å². The minimum absolute atomic E-state index is 0.0679. The molecule has 0 radical (unpaired) electrons. The number of alkyl halides is 6. The molecule has 1 N–H and O–H groups in total. The summed E-state index contributed by atoms with van der Waals surface area (Å²) in [5.74, 6) is 0. The molecule has 0 aromatic heterocycles. The number of nitrogens with one attached hydrogen (secondary N) is 1. The van der Waals surface area contributed by atoms with Crippen molar-refractivity contribution in [2.45, 2.75) is 18.6 Å². The van der Waals surface area contributed by atoms with E-state index >= 15 is 0 Å². The lowest BCUT2D eigenvalue weighted by atomic mass is 10.1. The first-order chi connectivity index (χ1) is 11.3. The van der Waals surface area contributed by atoms with Gasteiger partial charge < -0.3 is 4.84 Å². The van der Waals surface area contributed by atoms with Crippen LogP contribution in [0.4, 0.5) is 32.0 Å². The summed E-state index contributed by atoms with van der Waals surface area (Å²) in [5.41, 5.74) is -8.44. The van der Waals surface area contributed by atoms with Crippen LogP contribution in [0, 0.1) is 0 Å². The van der Waals surface area contributed by atoms with E-state index in [1.807, 2.05) is 0 Å². The fourth-order valence-electron chi connectivity index (χ4n) is 1.56. The van der Waals surface area contributed by atoms with Crippen molar-refractivity contribution in [3.05, 3.63) is 42.0 Å². The highest BCUT2D eigenvalue weighted by molar-refractivity contribution is 7.93. The Kier molecular flexibility index (Phi) is 6.10. The molecule has 0 saturated heterocycles. The quantitative estimate of drug-likeness (QED) is 0.263. The summed E-state index contributed by atoms with van der Waals surface area (Å²) in [5, 5.41) is 3.48. The van der Waals surface area contributed by atoms with Gasteiger partial charge in [-0.3, -0.25) is 4.72 Å². The maximum Gasteiger partial charge on any atom is 0.516 e. The van der Waals surface area contributed by atoms with Crippen LogP contribution in [0.1, 0.15) is 18.1 Å². The van der Waals surface area contributed by atoms with Crippen LogP contribution in [-0.4, -0.2) is 26.2 Å². The van der Waals surface area contributed by atoms with Crippen molar-refractivity contribution < 1.29 is 39.6 Å². The Hall–Kier alpha value is -2.24. The van der Waals surface area contributed by atoms with Gasteiger partial charge in [-0.2, -0.15) is 34.8 Å². The summed E-state index contributed by atoms with van der Waals surface area (Å²) >= 11 is 0. The molecular formula is C13H12F6N2O3S. The number of halogens is 6. The van der Waals surface area contributed by atoms with Gasteiger partial charge in [0.2, 0.25) is 0 Å². The van der Waals surface area contributed by atoms with E-state index in [1.54, 1.807) is 0 Å². The van der Waals surface area contributed by atoms with E-state index in [0.29, 0.717) is 6.07 Å². The number of sulfonamides is 1. The number of anilines is 1. The molecule has 0 atom stereocenters. The lowest BCUT2D eigenvalue weighted by Crippen LogP contribution is -2.30. The van der Waals surface area contributed by atoms with Gasteiger partial charge in [0.25, 0.3) is 0 Å². The molecule has 1 rings (SSSR count). The number of rotatable bonds is 6. The van der Waals surface area contributed by atoms with Crippen molar-refractivity contribution >= 4 is 21.4 Å². The van der Waals surface area contributed by atoms with Crippen LogP contribution in [0.2, 0.25) is 0 Å². The molecule has 0 fully saturated rings. The summed E-state index contributed by atoms with van der Waals surface area (Å²) in [7, 11) is -5.92. The lowest BCUT2D eigenvalue weighted by molar-refractivity contribution is -0.137. The van der Waals surface area contributed by atoms with Gasteiger partial charge >= 0.3 is 21.7 Å². The summed E-state index contributed by atoms with van der Waals surface area (Å²) in [4.78, 5) is 4.70. The largest absolute Gasteiger partial charge is 0.516 e. The zero-order valence-corrected chi connectivity index (χ0v) is 13.4. The third-order valence-corrected chi connectivity index (χ3v) is 3.78. The van der Waals surface area contributed by atoms with E-state index in [1.165, 1.54) is 13.0 Å². The van der Waals surface area contributed by atoms with E-state index in [-0.39, 0.29) is 23.9 Å². The SMILES string of the molecule is C=CCO/N=C(/C)c1ccc(C(F)(F)F)cc1NS(=O)(=O)C(F)(F)F. The molecule has 25 heavy (non-hydrogen) atoms. The number of hydrogen-bond donors (Lipinski definition) is 1. The monoisotopic (exact) mass is 390 g/mol. The topological polar surface area (TPSA) is 67.8 Å². The van der Waals surface area contributed by atoms with Crippen LogP contribution in [0.15, 0.2) is 36.0 Å². The van der Waals surface area contributed by atoms with Gasteiger partial charge in [-0.25, -0.2) is 0 Å². The lowest BCUT2D eigenvalue weighted by Gasteiger charge is -2.16. The second kappa shape index (κ2) is 7.33. The normalized spacial score (nSPS) is 13.5. The van der Waals surface area contributed by atoms with Gasteiger partial charge in [0, 0.05) is 5.56 Å². The van der Waals surface area contributed by atoms with Crippen LogP contribution in [-0.2, 0) is 21.0 Å². The Labute approximate surface area is 139 Å². The minimum atomic E-state index is -5.92. The molecule has 1 aromatic rings. The Bertz CT molecular complexity index is 769. The molecule has 0 unspecified atom stereocenters. The Morgan fingerprint density at radius 3 is 2.36 bits per heavy atom. The maximum absolute atomic E-state index is 12.8. The van der Waals surface area contributed by atoms with Crippen LogP contribution < -0.4 is 4.72 Å². The van der Waals surface area contributed by atoms with Gasteiger partial charge in [-0.1, -0.05) is 23.9 Å². The molecule has 0 spiro atoms. The summed E-state index contributed by atoms with van der Waals surface area (Å²) in [6.07, 6.45) is -3.59. The Balaban J connectivity index is 3.43. The first-order valence-electron chi connectivity index (χ1n) is 6.37. The van der Waals surface area contributed by atoms with Gasteiger partial charge in [-0.05, 0) is 19.1 Å². The highest BCUT2D eigenvalue weighted by atomic mass is 32.2. The predicted octanol–water partition coefficient (Wildman–Crippen LogP) is 3.89. The first-order valence-corrected chi connectivity index (χ1v) is 7.86. The van der Waals surface area contributed by atoms with Crippen LogP contribution >= 0.6 is 0 Å². The Morgan fingerprint density at radius 2 is 1.88 bits per heavy atom. The van der Waals surface area contributed by atoms with E-state index in [4.69, 9.17) is 4.84 Å². The van der Waals surface area contributed by atoms with Crippen LogP contribution in [0.5, 0.6) is 0 Å². The zero-order chi connectivity index (χ0) is 19.5. The third kappa shape index (κ3) is 5.37. The first kappa shape index (κ1) is 20.8. The molecule has 0 amide bonds.